The minimum Gasteiger partial charge on any atom is -0.296 e. The van der Waals surface area contributed by atoms with Crippen LogP contribution in [-0.4, -0.2) is 20.7 Å². The SMILES string of the molecule is Cc1cnc2nc(C=O)ccn12. The van der Waals surface area contributed by atoms with Crippen molar-refractivity contribution in [2.75, 3.05) is 0 Å². The average Bonchev–Trinajstić information content (AvgIpc) is 2.47. The van der Waals surface area contributed by atoms with E-state index in [9.17, 15) is 4.79 Å². The standard InChI is InChI=1S/C8H7N3O/c1-6-4-9-8-10-7(5-12)2-3-11(6)8/h2-5H,1H3. The van der Waals surface area contributed by atoms with Crippen molar-refractivity contribution in [1.29, 1.82) is 0 Å². The zero-order chi connectivity index (χ0) is 8.55. The molecule has 0 aromatic carbocycles. The molecule has 0 amide bonds. The van der Waals surface area contributed by atoms with Gasteiger partial charge < -0.3 is 0 Å². The molecule has 4 nitrogen and oxygen atoms in total. The van der Waals surface area contributed by atoms with Crippen molar-refractivity contribution in [3.05, 3.63) is 29.8 Å². The van der Waals surface area contributed by atoms with Gasteiger partial charge in [0.2, 0.25) is 5.78 Å². The van der Waals surface area contributed by atoms with E-state index < -0.39 is 0 Å². The largest absolute Gasteiger partial charge is 0.296 e. The Hall–Kier alpha value is -1.71. The van der Waals surface area contributed by atoms with Crippen LogP contribution in [0.5, 0.6) is 0 Å². The fraction of sp³-hybridized carbons (Fsp3) is 0.125. The molecule has 2 heterocycles. The molecule has 0 unspecified atom stereocenters. The van der Waals surface area contributed by atoms with Crippen LogP contribution in [0.3, 0.4) is 0 Å². The second-order valence-electron chi connectivity index (χ2n) is 2.54. The molecule has 0 radical (unpaired) electrons. The Morgan fingerprint density at radius 2 is 2.42 bits per heavy atom. The van der Waals surface area contributed by atoms with Gasteiger partial charge in [0.15, 0.2) is 6.29 Å². The third-order valence-electron chi connectivity index (χ3n) is 1.71. The van der Waals surface area contributed by atoms with Gasteiger partial charge in [-0.1, -0.05) is 0 Å². The lowest BCUT2D eigenvalue weighted by atomic mass is 10.4. The molecule has 4 heteroatoms. The molecule has 2 aromatic rings. The topological polar surface area (TPSA) is 47.3 Å². The molecule has 0 bridgehead atoms. The van der Waals surface area contributed by atoms with Crippen LogP contribution in [0, 0.1) is 6.92 Å². The molecule has 0 aliphatic carbocycles. The van der Waals surface area contributed by atoms with Crippen molar-refractivity contribution in [3.63, 3.8) is 0 Å². The maximum absolute atomic E-state index is 10.4. The Morgan fingerprint density at radius 3 is 3.17 bits per heavy atom. The molecule has 12 heavy (non-hydrogen) atoms. The molecule has 2 aromatic heterocycles. The summed E-state index contributed by atoms with van der Waals surface area (Å²) in [7, 11) is 0. The molecule has 0 saturated carbocycles. The normalized spacial score (nSPS) is 10.4. The number of nitrogens with zero attached hydrogens (tertiary/aromatic N) is 3. The third kappa shape index (κ3) is 0.887. The van der Waals surface area contributed by atoms with Gasteiger partial charge in [-0.15, -0.1) is 0 Å². The molecule has 0 fully saturated rings. The Labute approximate surface area is 68.9 Å². The van der Waals surface area contributed by atoms with Gasteiger partial charge in [-0.3, -0.25) is 9.20 Å². The molecular weight excluding hydrogens is 154 g/mol. The van der Waals surface area contributed by atoms with E-state index in [2.05, 4.69) is 9.97 Å². The highest BCUT2D eigenvalue weighted by Gasteiger charge is 1.99. The Bertz CT molecular complexity index is 433. The van der Waals surface area contributed by atoms with E-state index in [0.717, 1.165) is 5.69 Å². The average molecular weight is 161 g/mol. The first-order valence-corrected chi connectivity index (χ1v) is 3.57. The fourth-order valence-electron chi connectivity index (χ4n) is 1.07. The highest BCUT2D eigenvalue weighted by molar-refractivity contribution is 5.72. The van der Waals surface area contributed by atoms with Gasteiger partial charge >= 0.3 is 0 Å². The minimum atomic E-state index is 0.410. The first-order valence-electron chi connectivity index (χ1n) is 3.57. The monoisotopic (exact) mass is 161 g/mol. The lowest BCUT2D eigenvalue weighted by molar-refractivity contribution is 0.111. The maximum atomic E-state index is 10.4. The Balaban J connectivity index is 2.77. The zero-order valence-corrected chi connectivity index (χ0v) is 6.56. The number of aldehydes is 1. The summed E-state index contributed by atoms with van der Waals surface area (Å²) in [6, 6.07) is 1.66. The van der Waals surface area contributed by atoms with Gasteiger partial charge in [-0.2, -0.15) is 0 Å². The van der Waals surface area contributed by atoms with Crippen molar-refractivity contribution in [2.24, 2.45) is 0 Å². The molecule has 0 saturated heterocycles. The van der Waals surface area contributed by atoms with Gasteiger partial charge in [0.05, 0.1) is 6.20 Å². The fourth-order valence-corrected chi connectivity index (χ4v) is 1.07. The summed E-state index contributed by atoms with van der Waals surface area (Å²) >= 11 is 0. The van der Waals surface area contributed by atoms with Gasteiger partial charge in [-0.25, -0.2) is 9.97 Å². The number of imidazole rings is 1. The van der Waals surface area contributed by atoms with E-state index in [4.69, 9.17) is 0 Å². The van der Waals surface area contributed by atoms with Gasteiger partial charge in [0.25, 0.3) is 0 Å². The van der Waals surface area contributed by atoms with Crippen LogP contribution in [0.4, 0.5) is 0 Å². The Morgan fingerprint density at radius 1 is 1.58 bits per heavy atom. The smallest absolute Gasteiger partial charge is 0.234 e. The lowest BCUT2D eigenvalue weighted by Crippen LogP contribution is -1.93. The van der Waals surface area contributed by atoms with Crippen LogP contribution in [0.25, 0.3) is 5.78 Å². The summed E-state index contributed by atoms with van der Waals surface area (Å²) in [6.07, 6.45) is 4.22. The summed E-state index contributed by atoms with van der Waals surface area (Å²) in [6.45, 7) is 1.93. The van der Waals surface area contributed by atoms with Crippen LogP contribution < -0.4 is 0 Å². The van der Waals surface area contributed by atoms with E-state index in [1.165, 1.54) is 0 Å². The quantitative estimate of drug-likeness (QED) is 0.582. The molecule has 60 valence electrons. The number of carbonyl (C=O) groups excluding carboxylic acids is 1. The third-order valence-corrected chi connectivity index (χ3v) is 1.71. The predicted octanol–water partition coefficient (Wildman–Crippen LogP) is 0.850. The predicted molar refractivity (Wildman–Crippen MR) is 43.1 cm³/mol. The van der Waals surface area contributed by atoms with Crippen LogP contribution in [-0.2, 0) is 0 Å². The van der Waals surface area contributed by atoms with Crippen molar-refractivity contribution < 1.29 is 4.79 Å². The number of aromatic nitrogens is 3. The summed E-state index contributed by atoms with van der Waals surface area (Å²) < 4.78 is 1.83. The van der Waals surface area contributed by atoms with Crippen LogP contribution in [0.15, 0.2) is 18.5 Å². The zero-order valence-electron chi connectivity index (χ0n) is 6.56. The van der Waals surface area contributed by atoms with Crippen LogP contribution in [0.1, 0.15) is 16.2 Å². The van der Waals surface area contributed by atoms with Crippen molar-refractivity contribution in [1.82, 2.24) is 14.4 Å². The summed E-state index contributed by atoms with van der Waals surface area (Å²) in [5.41, 5.74) is 1.42. The second kappa shape index (κ2) is 2.41. The number of aryl methyl sites for hydroxylation is 1. The van der Waals surface area contributed by atoms with Gasteiger partial charge in [0.1, 0.15) is 5.69 Å². The summed E-state index contributed by atoms with van der Waals surface area (Å²) in [5, 5.41) is 0. The van der Waals surface area contributed by atoms with E-state index in [-0.39, 0.29) is 0 Å². The maximum Gasteiger partial charge on any atom is 0.234 e. The van der Waals surface area contributed by atoms with Gasteiger partial charge in [0, 0.05) is 11.9 Å². The highest BCUT2D eigenvalue weighted by atomic mass is 16.1. The van der Waals surface area contributed by atoms with Crippen molar-refractivity contribution in [3.8, 4) is 0 Å². The molecule has 0 aliphatic heterocycles. The van der Waals surface area contributed by atoms with E-state index in [0.29, 0.717) is 17.8 Å². The number of carbonyl (C=O) groups is 1. The van der Waals surface area contributed by atoms with E-state index >= 15 is 0 Å². The first-order chi connectivity index (χ1) is 5.81. The van der Waals surface area contributed by atoms with E-state index in [1.807, 2.05) is 11.3 Å². The van der Waals surface area contributed by atoms with Crippen LogP contribution >= 0.6 is 0 Å². The van der Waals surface area contributed by atoms with Gasteiger partial charge in [-0.05, 0) is 13.0 Å². The minimum absolute atomic E-state index is 0.410. The summed E-state index contributed by atoms with van der Waals surface area (Å²) in [4.78, 5) is 18.4. The molecule has 0 atom stereocenters. The van der Waals surface area contributed by atoms with E-state index in [1.54, 1.807) is 18.5 Å². The number of hydrogen-bond donors (Lipinski definition) is 0. The number of fused-ring (bicyclic) bond motifs is 1. The molecule has 2 rings (SSSR count). The number of hydrogen-bond acceptors (Lipinski definition) is 3. The molecular formula is C8H7N3O. The first kappa shape index (κ1) is 6.97. The van der Waals surface area contributed by atoms with Crippen molar-refractivity contribution in [2.45, 2.75) is 6.92 Å². The summed E-state index contributed by atoms with van der Waals surface area (Å²) in [5.74, 6) is 0.567. The Kier molecular flexibility index (Phi) is 1.40. The molecule has 0 aliphatic rings. The second-order valence-corrected chi connectivity index (χ2v) is 2.54. The number of rotatable bonds is 1. The molecule has 0 spiro atoms. The van der Waals surface area contributed by atoms with Crippen molar-refractivity contribution >= 4 is 12.1 Å². The lowest BCUT2D eigenvalue weighted by Gasteiger charge is -1.94. The van der Waals surface area contributed by atoms with Crippen LogP contribution in [0.2, 0.25) is 0 Å². The highest BCUT2D eigenvalue weighted by Crippen LogP contribution is 2.02. The molecule has 0 N–H and O–H groups in total.